The minimum absolute atomic E-state index is 0.105. The molecule has 2 rings (SSSR count). The number of rotatable bonds is 9. The zero-order valence-corrected chi connectivity index (χ0v) is 15.6. The molecule has 0 fully saturated rings. The maximum absolute atomic E-state index is 11.7. The maximum Gasteiger partial charge on any atom is 0.346 e. The van der Waals surface area contributed by atoms with Crippen molar-refractivity contribution >= 4 is 15.2 Å². The summed E-state index contributed by atoms with van der Waals surface area (Å²) in [6, 6.07) is 16.6. The molecule has 0 aliphatic rings. The molecule has 0 aliphatic carbocycles. The summed E-state index contributed by atoms with van der Waals surface area (Å²) in [5, 5.41) is 5.51. The molecular formula is C16H22N2O6P2. The van der Waals surface area contributed by atoms with E-state index in [1.54, 1.807) is 60.7 Å². The van der Waals surface area contributed by atoms with Gasteiger partial charge in [0.05, 0.1) is 0 Å². The van der Waals surface area contributed by atoms with Crippen molar-refractivity contribution in [2.75, 3.05) is 13.1 Å². The lowest BCUT2D eigenvalue weighted by Crippen LogP contribution is -2.32. The molecule has 0 bridgehead atoms. The van der Waals surface area contributed by atoms with Crippen LogP contribution >= 0.6 is 15.2 Å². The molecule has 8 nitrogen and oxygen atoms in total. The summed E-state index contributed by atoms with van der Waals surface area (Å²) in [6.07, 6.45) is 0. The third-order valence-corrected chi connectivity index (χ3v) is 6.01. The van der Waals surface area contributed by atoms with E-state index in [1.807, 2.05) is 0 Å². The summed E-state index contributed by atoms with van der Waals surface area (Å²) in [5.41, 5.74) is 0.880. The molecule has 0 unspecified atom stereocenters. The van der Waals surface area contributed by atoms with Gasteiger partial charge in [0, 0.05) is 13.1 Å². The van der Waals surface area contributed by atoms with Crippen molar-refractivity contribution in [2.24, 2.45) is 0 Å². The molecule has 142 valence electrons. The van der Waals surface area contributed by atoms with Crippen molar-refractivity contribution in [2.45, 2.75) is 11.6 Å². The minimum atomic E-state index is -4.44. The van der Waals surface area contributed by atoms with E-state index in [4.69, 9.17) is 0 Å². The summed E-state index contributed by atoms with van der Waals surface area (Å²) in [4.78, 5) is 38.2. The first kappa shape index (κ1) is 21.0. The van der Waals surface area contributed by atoms with E-state index in [-0.39, 0.29) is 13.1 Å². The molecule has 2 aromatic carbocycles. The largest absolute Gasteiger partial charge is 0.346 e. The van der Waals surface area contributed by atoms with Gasteiger partial charge in [-0.2, -0.15) is 0 Å². The molecule has 0 radical (unpaired) electrons. The molecule has 2 atom stereocenters. The van der Waals surface area contributed by atoms with Crippen molar-refractivity contribution in [1.82, 2.24) is 10.6 Å². The zero-order valence-electron chi connectivity index (χ0n) is 13.8. The average molecular weight is 400 g/mol. The highest BCUT2D eigenvalue weighted by molar-refractivity contribution is 7.52. The second-order valence-electron chi connectivity index (χ2n) is 5.71. The Morgan fingerprint density at radius 1 is 0.654 bits per heavy atom. The molecule has 0 heterocycles. The molecular weight excluding hydrogens is 378 g/mol. The summed E-state index contributed by atoms with van der Waals surface area (Å²) in [6.45, 7) is 0.210. The van der Waals surface area contributed by atoms with Crippen LogP contribution in [0.5, 0.6) is 0 Å². The van der Waals surface area contributed by atoms with Crippen molar-refractivity contribution in [3.63, 3.8) is 0 Å². The van der Waals surface area contributed by atoms with Gasteiger partial charge < -0.3 is 19.6 Å². The van der Waals surface area contributed by atoms with Crippen LogP contribution < -0.4 is 10.6 Å². The number of hydrogen-bond donors (Lipinski definition) is 6. The van der Waals surface area contributed by atoms with E-state index in [0.29, 0.717) is 11.1 Å². The van der Waals surface area contributed by atoms with E-state index in [2.05, 4.69) is 10.6 Å². The van der Waals surface area contributed by atoms with Crippen LogP contribution in [-0.2, 0) is 9.13 Å². The Bertz CT molecular complexity index is 710. The van der Waals surface area contributed by atoms with Crippen LogP contribution in [-0.4, -0.2) is 32.7 Å². The van der Waals surface area contributed by atoms with Gasteiger partial charge in [0.1, 0.15) is 11.6 Å². The van der Waals surface area contributed by atoms with Gasteiger partial charge in [-0.1, -0.05) is 60.7 Å². The van der Waals surface area contributed by atoms with E-state index in [9.17, 15) is 28.7 Å². The highest BCUT2D eigenvalue weighted by Gasteiger charge is 2.31. The van der Waals surface area contributed by atoms with Crippen LogP contribution in [0.4, 0.5) is 0 Å². The molecule has 2 aromatic rings. The van der Waals surface area contributed by atoms with Gasteiger partial charge in [0.2, 0.25) is 0 Å². The van der Waals surface area contributed by atoms with Gasteiger partial charge in [-0.25, -0.2) is 0 Å². The Labute approximate surface area is 151 Å². The summed E-state index contributed by atoms with van der Waals surface area (Å²) in [5.74, 6) is -2.37. The second kappa shape index (κ2) is 9.04. The van der Waals surface area contributed by atoms with Crippen molar-refractivity contribution < 1.29 is 28.7 Å². The fraction of sp³-hybridized carbons (Fsp3) is 0.250. The van der Waals surface area contributed by atoms with Gasteiger partial charge in [0.15, 0.2) is 0 Å². The quantitative estimate of drug-likeness (QED) is 0.277. The van der Waals surface area contributed by atoms with Crippen LogP contribution in [0.25, 0.3) is 0 Å². The van der Waals surface area contributed by atoms with Crippen molar-refractivity contribution in [3.05, 3.63) is 71.8 Å². The molecule has 0 amide bonds. The molecule has 10 heteroatoms. The molecule has 0 aliphatic heterocycles. The van der Waals surface area contributed by atoms with Gasteiger partial charge in [-0.3, -0.25) is 19.8 Å². The van der Waals surface area contributed by atoms with Gasteiger partial charge in [-0.05, 0) is 11.1 Å². The lowest BCUT2D eigenvalue weighted by atomic mass is 10.2. The van der Waals surface area contributed by atoms with Crippen LogP contribution in [0, 0.1) is 0 Å². The van der Waals surface area contributed by atoms with Crippen molar-refractivity contribution in [1.29, 1.82) is 0 Å². The first-order valence-electron chi connectivity index (χ1n) is 7.86. The Balaban J connectivity index is 2.00. The van der Waals surface area contributed by atoms with Gasteiger partial charge in [0.25, 0.3) is 0 Å². The summed E-state index contributed by atoms with van der Waals surface area (Å²) in [7, 11) is -8.89. The van der Waals surface area contributed by atoms with E-state index >= 15 is 0 Å². The summed E-state index contributed by atoms with van der Waals surface area (Å²) >= 11 is 0. The smallest absolute Gasteiger partial charge is 0.323 e. The standard InChI is InChI=1S/C16H22N2O6P2/c19-25(20,21)15(13-7-3-1-4-8-13)17-11-12-18-16(26(22,23)24)14-9-5-2-6-10-14/h1-10,15-18H,11-12H2,(H2,19,20,21)(H2,22,23,24)/t15-,16-/m1/s1. The third kappa shape index (κ3) is 6.13. The Morgan fingerprint density at radius 2 is 0.962 bits per heavy atom. The lowest BCUT2D eigenvalue weighted by Gasteiger charge is -2.23. The van der Waals surface area contributed by atoms with Gasteiger partial charge >= 0.3 is 15.2 Å². The van der Waals surface area contributed by atoms with Crippen LogP contribution in [0.1, 0.15) is 22.7 Å². The number of hydrogen-bond acceptors (Lipinski definition) is 4. The van der Waals surface area contributed by atoms with Crippen molar-refractivity contribution in [3.8, 4) is 0 Å². The van der Waals surface area contributed by atoms with Crippen LogP contribution in [0.15, 0.2) is 60.7 Å². The molecule has 0 saturated carbocycles. The topological polar surface area (TPSA) is 139 Å². The predicted molar refractivity (Wildman–Crippen MR) is 98.5 cm³/mol. The Morgan fingerprint density at radius 3 is 1.23 bits per heavy atom. The zero-order chi connectivity index (χ0) is 19.2. The fourth-order valence-corrected chi connectivity index (χ4v) is 4.41. The average Bonchev–Trinajstić information content (AvgIpc) is 2.57. The fourth-order valence-electron chi connectivity index (χ4n) is 2.55. The van der Waals surface area contributed by atoms with E-state index in [1.165, 1.54) is 0 Å². The SMILES string of the molecule is O=P(O)(O)[C@@H](NCCN[C@@H](c1ccccc1)P(=O)(O)O)c1ccccc1. The molecule has 26 heavy (non-hydrogen) atoms. The predicted octanol–water partition coefficient (Wildman–Crippen LogP) is 1.92. The normalized spacial score (nSPS) is 14.8. The highest BCUT2D eigenvalue weighted by Crippen LogP contribution is 2.50. The lowest BCUT2D eigenvalue weighted by molar-refractivity contribution is 0.339. The first-order chi connectivity index (χ1) is 12.2. The van der Waals surface area contributed by atoms with Gasteiger partial charge in [-0.15, -0.1) is 0 Å². The summed E-state index contributed by atoms with van der Waals surface area (Å²) < 4.78 is 23.5. The maximum atomic E-state index is 11.7. The monoisotopic (exact) mass is 400 g/mol. The van der Waals surface area contributed by atoms with Crippen LogP contribution in [0.3, 0.4) is 0 Å². The molecule has 6 N–H and O–H groups in total. The Kier molecular flexibility index (Phi) is 7.29. The molecule has 0 saturated heterocycles. The minimum Gasteiger partial charge on any atom is -0.323 e. The van der Waals surface area contributed by atoms with E-state index in [0.717, 1.165) is 0 Å². The number of nitrogens with one attached hydrogen (secondary N) is 2. The molecule has 0 aromatic heterocycles. The highest BCUT2D eigenvalue weighted by atomic mass is 31.2. The number of benzene rings is 2. The second-order valence-corrected chi connectivity index (χ2v) is 9.10. The molecule has 0 spiro atoms. The van der Waals surface area contributed by atoms with Crippen LogP contribution in [0.2, 0.25) is 0 Å². The third-order valence-electron chi connectivity index (χ3n) is 3.70. The first-order valence-corrected chi connectivity index (χ1v) is 11.2. The Hall–Kier alpha value is -1.34. The van der Waals surface area contributed by atoms with E-state index < -0.39 is 26.8 Å².